The smallest absolute Gasteiger partial charge is 0.248 e. The number of thiazole rings is 1. The Hall–Kier alpha value is -3.00. The Bertz CT molecular complexity index is 1090. The fourth-order valence-electron chi connectivity index (χ4n) is 4.49. The van der Waals surface area contributed by atoms with Crippen LogP contribution in [0.1, 0.15) is 18.9 Å². The van der Waals surface area contributed by atoms with Gasteiger partial charge in [0.25, 0.3) is 0 Å². The molecule has 7 nitrogen and oxygen atoms in total. The summed E-state index contributed by atoms with van der Waals surface area (Å²) in [6.07, 6.45) is 4.08. The van der Waals surface area contributed by atoms with E-state index in [1.807, 2.05) is 48.4 Å². The van der Waals surface area contributed by atoms with Gasteiger partial charge < -0.3 is 15.1 Å². The zero-order chi connectivity index (χ0) is 20.4. The summed E-state index contributed by atoms with van der Waals surface area (Å²) in [6.45, 7) is 4.15. The van der Waals surface area contributed by atoms with Crippen LogP contribution in [0.5, 0.6) is 0 Å². The Balaban J connectivity index is 1.29. The molecule has 2 aromatic rings. The number of hydrogen-bond acceptors (Lipinski definition) is 6. The van der Waals surface area contributed by atoms with Gasteiger partial charge in [-0.25, -0.2) is 9.98 Å². The van der Waals surface area contributed by atoms with Crippen LogP contribution in [-0.4, -0.2) is 57.7 Å². The molecule has 1 aliphatic carbocycles. The van der Waals surface area contributed by atoms with E-state index in [0.717, 1.165) is 23.3 Å². The summed E-state index contributed by atoms with van der Waals surface area (Å²) >= 11 is 1.41. The van der Waals surface area contributed by atoms with Crippen LogP contribution >= 0.6 is 11.3 Å². The van der Waals surface area contributed by atoms with Crippen LogP contribution in [0.4, 0.5) is 5.13 Å². The minimum Gasteiger partial charge on any atom is -0.340 e. The van der Waals surface area contributed by atoms with E-state index in [-0.39, 0.29) is 23.9 Å². The molecule has 0 radical (unpaired) electrons. The lowest BCUT2D eigenvalue weighted by Gasteiger charge is -2.35. The third kappa shape index (κ3) is 2.48. The number of amides is 2. The number of rotatable bonds is 4. The predicted molar refractivity (Wildman–Crippen MR) is 113 cm³/mol. The SMILES string of the molecule is CC1=CC(=O)N(C)C23CC12N(CC(=O)Nc1nc(-c2ccc(C)cc2)cs1)C=N3. The van der Waals surface area contributed by atoms with Gasteiger partial charge >= 0.3 is 0 Å². The third-order valence-electron chi connectivity index (χ3n) is 6.23. The number of aliphatic imine (C=N–C) groups is 1. The molecule has 2 amide bonds. The molecule has 3 heterocycles. The lowest BCUT2D eigenvalue weighted by atomic mass is 9.99. The number of nitrogens with one attached hydrogen (secondary N) is 1. The molecule has 0 saturated heterocycles. The van der Waals surface area contributed by atoms with Gasteiger partial charge in [0, 0.05) is 30.5 Å². The van der Waals surface area contributed by atoms with Gasteiger partial charge in [-0.15, -0.1) is 11.3 Å². The van der Waals surface area contributed by atoms with Crippen LogP contribution in [-0.2, 0) is 9.59 Å². The van der Waals surface area contributed by atoms with E-state index in [4.69, 9.17) is 0 Å². The molecule has 3 aliphatic rings. The Morgan fingerprint density at radius 1 is 1.28 bits per heavy atom. The summed E-state index contributed by atoms with van der Waals surface area (Å²) in [5.74, 6) is -0.184. The van der Waals surface area contributed by atoms with Crippen LogP contribution in [0, 0.1) is 6.92 Å². The van der Waals surface area contributed by atoms with E-state index in [0.29, 0.717) is 5.13 Å². The summed E-state index contributed by atoms with van der Waals surface area (Å²) < 4.78 is 0. The normalized spacial score (nSPS) is 26.9. The average Bonchev–Trinajstić information content (AvgIpc) is 3.01. The number of carbonyl (C=O) groups is 2. The lowest BCUT2D eigenvalue weighted by Crippen LogP contribution is -2.51. The van der Waals surface area contributed by atoms with Crippen molar-refractivity contribution in [1.29, 1.82) is 0 Å². The topological polar surface area (TPSA) is 77.9 Å². The van der Waals surface area contributed by atoms with Crippen molar-refractivity contribution in [2.24, 2.45) is 4.99 Å². The second-order valence-corrected chi connectivity index (χ2v) is 8.76. The fraction of sp³-hybridized carbons (Fsp3) is 0.333. The molecule has 8 heteroatoms. The minimum atomic E-state index is -0.553. The van der Waals surface area contributed by atoms with Gasteiger partial charge in [-0.2, -0.15) is 0 Å². The summed E-state index contributed by atoms with van der Waals surface area (Å²) in [6, 6.07) is 8.14. The van der Waals surface area contributed by atoms with Gasteiger partial charge in [-0.05, 0) is 19.4 Å². The highest BCUT2D eigenvalue weighted by molar-refractivity contribution is 7.14. The van der Waals surface area contributed by atoms with Gasteiger partial charge in [0.15, 0.2) is 10.8 Å². The van der Waals surface area contributed by atoms with E-state index < -0.39 is 5.66 Å². The van der Waals surface area contributed by atoms with E-state index >= 15 is 0 Å². The molecule has 2 aliphatic heterocycles. The van der Waals surface area contributed by atoms with Gasteiger partial charge in [0.2, 0.25) is 11.8 Å². The number of nitrogens with zero attached hydrogens (tertiary/aromatic N) is 4. The Morgan fingerprint density at radius 3 is 2.79 bits per heavy atom. The average molecular weight is 407 g/mol. The van der Waals surface area contributed by atoms with Crippen LogP contribution in [0.25, 0.3) is 11.3 Å². The summed E-state index contributed by atoms with van der Waals surface area (Å²) in [4.78, 5) is 37.6. The van der Waals surface area contributed by atoms with Crippen molar-refractivity contribution in [1.82, 2.24) is 14.8 Å². The fourth-order valence-corrected chi connectivity index (χ4v) is 5.22. The maximum Gasteiger partial charge on any atom is 0.248 e. The maximum atomic E-state index is 12.7. The highest BCUT2D eigenvalue weighted by Gasteiger charge is 2.79. The first kappa shape index (κ1) is 18.1. The number of carbonyl (C=O) groups excluding carboxylic acids is 2. The molecule has 2 atom stereocenters. The molecule has 2 unspecified atom stereocenters. The molecular weight excluding hydrogens is 386 g/mol. The number of benzene rings is 1. The van der Waals surface area contributed by atoms with E-state index in [1.165, 1.54) is 16.9 Å². The quantitative estimate of drug-likeness (QED) is 0.845. The van der Waals surface area contributed by atoms with Gasteiger partial charge in [0.05, 0.1) is 18.6 Å². The van der Waals surface area contributed by atoms with Crippen molar-refractivity contribution >= 4 is 34.6 Å². The zero-order valence-corrected chi connectivity index (χ0v) is 17.3. The van der Waals surface area contributed by atoms with E-state index in [9.17, 15) is 9.59 Å². The number of likely N-dealkylation sites (N-methyl/N-ethyl adjacent to an activating group) is 1. The number of aryl methyl sites for hydroxylation is 1. The molecule has 1 saturated carbocycles. The monoisotopic (exact) mass is 407 g/mol. The molecule has 0 bridgehead atoms. The summed E-state index contributed by atoms with van der Waals surface area (Å²) in [5, 5.41) is 5.41. The van der Waals surface area contributed by atoms with Gasteiger partial charge in [-0.3, -0.25) is 9.59 Å². The molecule has 1 aromatic carbocycles. The first-order valence-corrected chi connectivity index (χ1v) is 10.3. The van der Waals surface area contributed by atoms with E-state index in [2.05, 4.69) is 15.3 Å². The molecule has 1 N–H and O–H groups in total. The summed E-state index contributed by atoms with van der Waals surface area (Å²) in [5.41, 5.74) is 3.09. The Labute approximate surface area is 172 Å². The Kier molecular flexibility index (Phi) is 3.73. The van der Waals surface area contributed by atoms with Crippen LogP contribution < -0.4 is 5.32 Å². The number of anilines is 1. The zero-order valence-electron chi connectivity index (χ0n) is 16.5. The highest BCUT2D eigenvalue weighted by atomic mass is 32.1. The number of hydrogen-bond donors (Lipinski definition) is 1. The second kappa shape index (κ2) is 6.00. The number of aromatic nitrogens is 1. The van der Waals surface area contributed by atoms with Crippen molar-refractivity contribution in [3.8, 4) is 11.3 Å². The molecule has 29 heavy (non-hydrogen) atoms. The minimum absolute atomic E-state index is 0.0366. The van der Waals surface area contributed by atoms with Crippen molar-refractivity contribution in [3.63, 3.8) is 0 Å². The van der Waals surface area contributed by atoms with Crippen LogP contribution in [0.3, 0.4) is 0 Å². The largest absolute Gasteiger partial charge is 0.340 e. The lowest BCUT2D eigenvalue weighted by molar-refractivity contribution is -0.128. The molecule has 148 valence electrons. The highest BCUT2D eigenvalue weighted by Crippen LogP contribution is 2.64. The predicted octanol–water partition coefficient (Wildman–Crippen LogP) is 2.66. The molecule has 5 rings (SSSR count). The van der Waals surface area contributed by atoms with Crippen molar-refractivity contribution in [2.75, 3.05) is 18.9 Å². The molecule has 1 fully saturated rings. The van der Waals surface area contributed by atoms with Crippen molar-refractivity contribution in [2.45, 2.75) is 31.5 Å². The Morgan fingerprint density at radius 2 is 2.03 bits per heavy atom. The first-order chi connectivity index (χ1) is 13.9. The van der Waals surface area contributed by atoms with E-state index in [1.54, 1.807) is 24.4 Å². The standard InChI is InChI=1S/C21H21N5O2S/c1-13-4-6-15(7-5-13)16-10-29-19(23-16)24-17(27)9-26-12-22-21-11-20(21,26)14(2)8-18(28)25(21)3/h4-8,10,12H,9,11H2,1-3H3,(H,23,24,27). The van der Waals surface area contributed by atoms with Crippen LogP contribution in [0.15, 0.2) is 46.3 Å². The molecular formula is C21H21N5O2S. The van der Waals surface area contributed by atoms with Gasteiger partial charge in [0.1, 0.15) is 5.54 Å². The van der Waals surface area contributed by atoms with Crippen molar-refractivity contribution in [3.05, 3.63) is 46.9 Å². The van der Waals surface area contributed by atoms with Crippen molar-refractivity contribution < 1.29 is 9.59 Å². The second-order valence-electron chi connectivity index (χ2n) is 7.90. The van der Waals surface area contributed by atoms with Gasteiger partial charge in [-0.1, -0.05) is 29.8 Å². The molecule has 1 aromatic heterocycles. The van der Waals surface area contributed by atoms with Crippen LogP contribution in [0.2, 0.25) is 0 Å². The molecule has 0 spiro atoms. The first-order valence-electron chi connectivity index (χ1n) is 9.47. The third-order valence-corrected chi connectivity index (χ3v) is 6.99. The maximum absolute atomic E-state index is 12.7. The summed E-state index contributed by atoms with van der Waals surface area (Å²) in [7, 11) is 1.77.